The summed E-state index contributed by atoms with van der Waals surface area (Å²) < 4.78 is 23.4. The molecule has 0 aliphatic heterocycles. The molecule has 0 atom stereocenters. The summed E-state index contributed by atoms with van der Waals surface area (Å²) in [5.74, 6) is -1.49. The predicted octanol–water partition coefficient (Wildman–Crippen LogP) is 0.127. The van der Waals surface area contributed by atoms with Crippen molar-refractivity contribution in [1.29, 1.82) is 10.5 Å². The van der Waals surface area contributed by atoms with Crippen LogP contribution in [-0.4, -0.2) is 30.3 Å². The first-order valence-corrected chi connectivity index (χ1v) is 2.94. The minimum Gasteiger partial charge on any atom is -0.311 e. The van der Waals surface area contributed by atoms with Gasteiger partial charge in [0.25, 0.3) is 5.91 Å². The molecule has 1 amide bonds. The number of nitriles is 2. The molecule has 0 spiro atoms. The van der Waals surface area contributed by atoms with Crippen LogP contribution in [0.15, 0.2) is 0 Å². The molecule has 0 saturated heterocycles. The van der Waals surface area contributed by atoms with E-state index in [1.54, 1.807) is 0 Å². The Hall–Kier alpha value is -1.69. The molecule has 0 radical (unpaired) electrons. The van der Waals surface area contributed by atoms with E-state index in [0.717, 1.165) is 0 Å². The Morgan fingerprint density at radius 1 is 1.33 bits per heavy atom. The maximum atomic E-state index is 11.7. The van der Waals surface area contributed by atoms with Crippen LogP contribution in [0.4, 0.5) is 8.78 Å². The van der Waals surface area contributed by atoms with Crippen LogP contribution in [0.25, 0.3) is 0 Å². The van der Waals surface area contributed by atoms with E-state index in [-0.39, 0.29) is 0 Å². The molecule has 0 heterocycles. The van der Waals surface area contributed by atoms with Crippen molar-refractivity contribution in [3.05, 3.63) is 0 Å². The SMILES string of the molecule is N#CCN(CC#N)C(=O)C(F)F. The number of nitrogens with zero attached hydrogens (tertiary/aromatic N) is 3. The Labute approximate surface area is 67.6 Å². The van der Waals surface area contributed by atoms with E-state index in [2.05, 4.69) is 0 Å². The van der Waals surface area contributed by atoms with Gasteiger partial charge in [-0.1, -0.05) is 0 Å². The van der Waals surface area contributed by atoms with Crippen LogP contribution in [0.2, 0.25) is 0 Å². The average molecular weight is 173 g/mol. The largest absolute Gasteiger partial charge is 0.315 e. The Bertz CT molecular complexity index is 224. The topological polar surface area (TPSA) is 67.9 Å². The first-order chi connectivity index (χ1) is 5.63. The van der Waals surface area contributed by atoms with E-state index in [1.807, 2.05) is 0 Å². The number of halogens is 2. The van der Waals surface area contributed by atoms with Crippen molar-refractivity contribution in [3.63, 3.8) is 0 Å². The fraction of sp³-hybridized carbons (Fsp3) is 0.500. The summed E-state index contributed by atoms with van der Waals surface area (Å²) in [6.45, 7) is -0.979. The Morgan fingerprint density at radius 3 is 2.00 bits per heavy atom. The van der Waals surface area contributed by atoms with Gasteiger partial charge in [0.15, 0.2) is 0 Å². The summed E-state index contributed by atoms with van der Waals surface area (Å²) in [6.07, 6.45) is -3.16. The zero-order valence-corrected chi connectivity index (χ0v) is 6.00. The quantitative estimate of drug-likeness (QED) is 0.569. The van der Waals surface area contributed by atoms with Crippen LogP contribution in [-0.2, 0) is 4.79 Å². The minimum absolute atomic E-state index is 0.489. The number of alkyl halides is 2. The zero-order valence-electron chi connectivity index (χ0n) is 6.00. The number of hydrogen-bond donors (Lipinski definition) is 0. The molecule has 0 unspecified atom stereocenters. The molecule has 0 bridgehead atoms. The van der Waals surface area contributed by atoms with E-state index >= 15 is 0 Å². The third kappa shape index (κ3) is 2.93. The van der Waals surface area contributed by atoms with Crippen LogP contribution in [0.1, 0.15) is 0 Å². The van der Waals surface area contributed by atoms with Gasteiger partial charge in [-0.2, -0.15) is 19.3 Å². The second-order valence-electron chi connectivity index (χ2n) is 1.81. The number of amides is 1. The normalized spacial score (nSPS) is 8.75. The lowest BCUT2D eigenvalue weighted by Gasteiger charge is -2.14. The van der Waals surface area contributed by atoms with Crippen LogP contribution in [0, 0.1) is 22.7 Å². The molecule has 0 N–H and O–H groups in total. The summed E-state index contributed by atoms with van der Waals surface area (Å²) in [7, 11) is 0. The molecule has 6 heteroatoms. The van der Waals surface area contributed by atoms with Gasteiger partial charge in [0, 0.05) is 0 Å². The summed E-state index contributed by atoms with van der Waals surface area (Å²) in [4.78, 5) is 11.0. The van der Waals surface area contributed by atoms with Crippen molar-refractivity contribution in [2.24, 2.45) is 0 Å². The van der Waals surface area contributed by atoms with Crippen molar-refractivity contribution >= 4 is 5.91 Å². The van der Waals surface area contributed by atoms with E-state index in [9.17, 15) is 13.6 Å². The lowest BCUT2D eigenvalue weighted by molar-refractivity contribution is -0.141. The van der Waals surface area contributed by atoms with Crippen LogP contribution < -0.4 is 0 Å². The van der Waals surface area contributed by atoms with Crippen molar-refractivity contribution in [1.82, 2.24) is 4.90 Å². The van der Waals surface area contributed by atoms with Gasteiger partial charge < -0.3 is 4.90 Å². The Morgan fingerprint density at radius 2 is 1.75 bits per heavy atom. The van der Waals surface area contributed by atoms with Crippen LogP contribution in [0.3, 0.4) is 0 Å². The molecular formula is C6H5F2N3O. The number of hydrogen-bond acceptors (Lipinski definition) is 3. The van der Waals surface area contributed by atoms with Crippen molar-refractivity contribution < 1.29 is 13.6 Å². The van der Waals surface area contributed by atoms with Gasteiger partial charge in [-0.25, -0.2) is 0 Å². The lowest BCUT2D eigenvalue weighted by atomic mass is 10.4. The highest BCUT2D eigenvalue weighted by molar-refractivity contribution is 5.79. The summed E-state index contributed by atoms with van der Waals surface area (Å²) in [5.41, 5.74) is 0. The maximum absolute atomic E-state index is 11.7. The van der Waals surface area contributed by atoms with E-state index in [0.29, 0.717) is 4.90 Å². The summed E-state index contributed by atoms with van der Waals surface area (Å²) in [5, 5.41) is 16.2. The monoisotopic (exact) mass is 173 g/mol. The molecule has 0 aliphatic carbocycles. The summed E-state index contributed by atoms with van der Waals surface area (Å²) in [6, 6.07) is 3.02. The molecule has 0 aromatic rings. The third-order valence-corrected chi connectivity index (χ3v) is 1.02. The average Bonchev–Trinajstić information content (AvgIpc) is 2.03. The van der Waals surface area contributed by atoms with Gasteiger partial charge in [-0.15, -0.1) is 0 Å². The minimum atomic E-state index is -3.16. The molecular weight excluding hydrogens is 168 g/mol. The van der Waals surface area contributed by atoms with E-state index < -0.39 is 25.4 Å². The lowest BCUT2D eigenvalue weighted by Crippen LogP contribution is -2.36. The number of rotatable bonds is 3. The van der Waals surface area contributed by atoms with Crippen LogP contribution in [0.5, 0.6) is 0 Å². The maximum Gasteiger partial charge on any atom is 0.315 e. The molecule has 0 rings (SSSR count). The fourth-order valence-electron chi connectivity index (χ4n) is 0.520. The number of carbonyl (C=O) groups excluding carboxylic acids is 1. The standard InChI is InChI=1S/C6H5F2N3O/c7-5(8)6(12)11(3-1-9)4-2-10/h5H,3-4H2. The molecule has 0 aliphatic rings. The highest BCUT2D eigenvalue weighted by atomic mass is 19.3. The molecule has 0 aromatic heterocycles. The Kier molecular flexibility index (Phi) is 4.32. The molecule has 4 nitrogen and oxygen atoms in total. The van der Waals surface area contributed by atoms with Gasteiger partial charge in [-0.05, 0) is 0 Å². The van der Waals surface area contributed by atoms with Crippen LogP contribution >= 0.6 is 0 Å². The molecule has 64 valence electrons. The molecule has 12 heavy (non-hydrogen) atoms. The van der Waals surface area contributed by atoms with E-state index in [1.165, 1.54) is 12.1 Å². The van der Waals surface area contributed by atoms with Crippen molar-refractivity contribution in [3.8, 4) is 12.1 Å². The Balaban J connectivity index is 4.23. The van der Waals surface area contributed by atoms with Gasteiger partial charge in [-0.3, -0.25) is 4.79 Å². The molecule has 0 aromatic carbocycles. The third-order valence-electron chi connectivity index (χ3n) is 1.02. The fourth-order valence-corrected chi connectivity index (χ4v) is 0.520. The van der Waals surface area contributed by atoms with E-state index in [4.69, 9.17) is 10.5 Å². The van der Waals surface area contributed by atoms with Gasteiger partial charge >= 0.3 is 6.43 Å². The highest BCUT2D eigenvalue weighted by Gasteiger charge is 2.22. The first kappa shape index (κ1) is 10.3. The first-order valence-electron chi connectivity index (χ1n) is 2.94. The molecule has 0 saturated carbocycles. The smallest absolute Gasteiger partial charge is 0.311 e. The highest BCUT2D eigenvalue weighted by Crippen LogP contribution is 1.99. The van der Waals surface area contributed by atoms with Crippen molar-refractivity contribution in [2.75, 3.05) is 13.1 Å². The zero-order chi connectivity index (χ0) is 9.56. The van der Waals surface area contributed by atoms with Crippen molar-refractivity contribution in [2.45, 2.75) is 6.43 Å². The predicted molar refractivity (Wildman–Crippen MR) is 33.8 cm³/mol. The number of carbonyl (C=O) groups is 1. The molecule has 0 fully saturated rings. The van der Waals surface area contributed by atoms with Gasteiger partial charge in [0.2, 0.25) is 0 Å². The summed E-state index contributed by atoms with van der Waals surface area (Å²) >= 11 is 0. The second kappa shape index (κ2) is 5.03. The van der Waals surface area contributed by atoms with Gasteiger partial charge in [0.1, 0.15) is 13.1 Å². The second-order valence-corrected chi connectivity index (χ2v) is 1.81. The van der Waals surface area contributed by atoms with Gasteiger partial charge in [0.05, 0.1) is 12.1 Å².